The number of hydrogen-bond acceptors (Lipinski definition) is 3. The molecule has 0 spiro atoms. The van der Waals surface area contributed by atoms with Crippen molar-refractivity contribution in [2.45, 2.75) is 25.2 Å². The van der Waals surface area contributed by atoms with Crippen LogP contribution in [0.2, 0.25) is 0 Å². The van der Waals surface area contributed by atoms with Crippen molar-refractivity contribution >= 4 is 5.82 Å². The predicted molar refractivity (Wildman–Crippen MR) is 77.3 cm³/mol. The fourth-order valence-corrected chi connectivity index (χ4v) is 2.84. The average molecular weight is 253 g/mol. The Bertz CT molecular complexity index is 450. The molecule has 0 amide bonds. The summed E-state index contributed by atoms with van der Waals surface area (Å²) in [6.07, 6.45) is 9.04. The lowest BCUT2D eigenvalue weighted by Crippen LogP contribution is -2.25. The van der Waals surface area contributed by atoms with E-state index in [2.05, 4.69) is 45.2 Å². The van der Waals surface area contributed by atoms with E-state index < -0.39 is 0 Å². The fraction of sp³-hybridized carbons (Fsp3) is 0.375. The van der Waals surface area contributed by atoms with Crippen molar-refractivity contribution in [1.29, 1.82) is 0 Å². The summed E-state index contributed by atoms with van der Waals surface area (Å²) in [5, 5.41) is 0. The van der Waals surface area contributed by atoms with Crippen molar-refractivity contribution in [2.75, 3.05) is 18.0 Å². The van der Waals surface area contributed by atoms with Crippen LogP contribution in [0.25, 0.3) is 0 Å². The number of rotatable bonds is 2. The van der Waals surface area contributed by atoms with Crippen LogP contribution in [0.3, 0.4) is 0 Å². The third-order valence-electron chi connectivity index (χ3n) is 3.87. The molecule has 1 aliphatic rings. The molecule has 19 heavy (non-hydrogen) atoms. The molecular weight excluding hydrogens is 234 g/mol. The van der Waals surface area contributed by atoms with E-state index in [0.29, 0.717) is 5.92 Å². The number of aromatic nitrogens is 2. The molecule has 3 rings (SSSR count). The zero-order valence-electron chi connectivity index (χ0n) is 11.1. The quantitative estimate of drug-likeness (QED) is 0.822. The van der Waals surface area contributed by atoms with Gasteiger partial charge in [-0.25, -0.2) is 4.98 Å². The highest BCUT2D eigenvalue weighted by molar-refractivity contribution is 5.35. The third-order valence-corrected chi connectivity index (χ3v) is 3.87. The minimum atomic E-state index is 0.683. The molecule has 1 unspecified atom stereocenters. The normalized spacial score (nSPS) is 20.0. The minimum Gasteiger partial charge on any atom is -0.355 e. The van der Waals surface area contributed by atoms with Gasteiger partial charge in [-0.1, -0.05) is 30.3 Å². The van der Waals surface area contributed by atoms with Gasteiger partial charge in [-0.3, -0.25) is 4.98 Å². The first kappa shape index (κ1) is 12.2. The van der Waals surface area contributed by atoms with Gasteiger partial charge < -0.3 is 4.90 Å². The van der Waals surface area contributed by atoms with E-state index >= 15 is 0 Å². The zero-order chi connectivity index (χ0) is 12.9. The average Bonchev–Trinajstić information content (AvgIpc) is 2.75. The Hall–Kier alpha value is -1.90. The lowest BCUT2D eigenvalue weighted by Gasteiger charge is -2.21. The summed E-state index contributed by atoms with van der Waals surface area (Å²) < 4.78 is 0. The standard InChI is InChI=1S/C16H19N3/c1-2-5-14(6-3-1)15-7-4-11-19(12-8-15)16-13-17-9-10-18-16/h1-3,5-6,9-10,13,15H,4,7-8,11-12H2. The lowest BCUT2D eigenvalue weighted by atomic mass is 9.92. The van der Waals surface area contributed by atoms with Crippen LogP contribution in [0, 0.1) is 0 Å². The molecule has 2 aromatic rings. The molecule has 1 fully saturated rings. The van der Waals surface area contributed by atoms with Gasteiger partial charge in [0.15, 0.2) is 0 Å². The SMILES string of the molecule is c1ccc(C2CCCN(c3cnccn3)CC2)cc1. The van der Waals surface area contributed by atoms with Crippen LogP contribution in [-0.4, -0.2) is 23.1 Å². The second kappa shape index (κ2) is 5.83. The summed E-state index contributed by atoms with van der Waals surface area (Å²) in [5.41, 5.74) is 1.48. The maximum atomic E-state index is 4.41. The van der Waals surface area contributed by atoms with Crippen LogP contribution in [0.4, 0.5) is 5.82 Å². The molecule has 3 nitrogen and oxygen atoms in total. The van der Waals surface area contributed by atoms with Gasteiger partial charge in [-0.05, 0) is 30.7 Å². The van der Waals surface area contributed by atoms with Crippen LogP contribution in [-0.2, 0) is 0 Å². The van der Waals surface area contributed by atoms with Gasteiger partial charge in [0.05, 0.1) is 6.20 Å². The second-order valence-electron chi connectivity index (χ2n) is 5.09. The molecule has 1 aromatic carbocycles. The summed E-state index contributed by atoms with van der Waals surface area (Å²) in [4.78, 5) is 10.9. The Morgan fingerprint density at radius 3 is 2.68 bits per heavy atom. The van der Waals surface area contributed by atoms with E-state index in [0.717, 1.165) is 18.9 Å². The van der Waals surface area contributed by atoms with Gasteiger partial charge in [-0.15, -0.1) is 0 Å². The third kappa shape index (κ3) is 2.92. The van der Waals surface area contributed by atoms with Gasteiger partial charge in [0.25, 0.3) is 0 Å². The molecular formula is C16H19N3. The van der Waals surface area contributed by atoms with Crippen LogP contribution in [0.1, 0.15) is 30.7 Å². The maximum Gasteiger partial charge on any atom is 0.147 e. The zero-order valence-corrected chi connectivity index (χ0v) is 11.1. The Morgan fingerprint density at radius 2 is 1.89 bits per heavy atom. The Morgan fingerprint density at radius 1 is 1.00 bits per heavy atom. The minimum absolute atomic E-state index is 0.683. The van der Waals surface area contributed by atoms with Gasteiger partial charge >= 0.3 is 0 Å². The summed E-state index contributed by atoms with van der Waals surface area (Å²) in [6.45, 7) is 2.15. The topological polar surface area (TPSA) is 29.0 Å². The highest BCUT2D eigenvalue weighted by Gasteiger charge is 2.19. The Labute approximate surface area is 114 Å². The molecule has 0 aliphatic carbocycles. The summed E-state index contributed by atoms with van der Waals surface area (Å²) in [6, 6.07) is 10.9. The van der Waals surface area contributed by atoms with Crippen molar-refractivity contribution < 1.29 is 0 Å². The molecule has 0 saturated carbocycles. The first-order valence-corrected chi connectivity index (χ1v) is 6.99. The molecule has 3 heteroatoms. The predicted octanol–water partition coefficient (Wildman–Crippen LogP) is 3.25. The maximum absolute atomic E-state index is 4.41. The van der Waals surface area contributed by atoms with E-state index in [1.807, 2.05) is 6.20 Å². The van der Waals surface area contributed by atoms with Crippen molar-refractivity contribution in [1.82, 2.24) is 9.97 Å². The van der Waals surface area contributed by atoms with Crippen molar-refractivity contribution in [2.24, 2.45) is 0 Å². The van der Waals surface area contributed by atoms with E-state index in [1.54, 1.807) is 12.4 Å². The van der Waals surface area contributed by atoms with Crippen LogP contribution in [0.15, 0.2) is 48.9 Å². The van der Waals surface area contributed by atoms with E-state index in [-0.39, 0.29) is 0 Å². The molecule has 0 bridgehead atoms. The lowest BCUT2D eigenvalue weighted by molar-refractivity contribution is 0.612. The van der Waals surface area contributed by atoms with Gasteiger partial charge in [0.1, 0.15) is 5.82 Å². The molecule has 98 valence electrons. The first-order chi connectivity index (χ1) is 9.43. The van der Waals surface area contributed by atoms with E-state index in [4.69, 9.17) is 0 Å². The molecule has 1 saturated heterocycles. The van der Waals surface area contributed by atoms with Gasteiger partial charge in [-0.2, -0.15) is 0 Å². The number of benzene rings is 1. The molecule has 0 N–H and O–H groups in total. The monoisotopic (exact) mass is 253 g/mol. The Balaban J connectivity index is 1.69. The molecule has 1 aliphatic heterocycles. The van der Waals surface area contributed by atoms with E-state index in [1.165, 1.54) is 24.8 Å². The van der Waals surface area contributed by atoms with Gasteiger partial charge in [0, 0.05) is 25.5 Å². The molecule has 1 atom stereocenters. The van der Waals surface area contributed by atoms with Crippen molar-refractivity contribution in [3.63, 3.8) is 0 Å². The Kier molecular flexibility index (Phi) is 3.73. The van der Waals surface area contributed by atoms with Crippen molar-refractivity contribution in [3.8, 4) is 0 Å². The summed E-state index contributed by atoms with van der Waals surface area (Å²) in [5.74, 6) is 1.69. The second-order valence-corrected chi connectivity index (χ2v) is 5.09. The highest BCUT2D eigenvalue weighted by Crippen LogP contribution is 2.28. The van der Waals surface area contributed by atoms with Crippen molar-refractivity contribution in [3.05, 3.63) is 54.5 Å². The highest BCUT2D eigenvalue weighted by atomic mass is 15.2. The molecule has 1 aromatic heterocycles. The van der Waals surface area contributed by atoms with Crippen LogP contribution in [0.5, 0.6) is 0 Å². The molecule has 2 heterocycles. The van der Waals surface area contributed by atoms with Crippen LogP contribution < -0.4 is 4.90 Å². The summed E-state index contributed by atoms with van der Waals surface area (Å²) >= 11 is 0. The van der Waals surface area contributed by atoms with Gasteiger partial charge in [0.2, 0.25) is 0 Å². The fourth-order valence-electron chi connectivity index (χ4n) is 2.84. The number of hydrogen-bond donors (Lipinski definition) is 0. The smallest absolute Gasteiger partial charge is 0.147 e. The largest absolute Gasteiger partial charge is 0.355 e. The van der Waals surface area contributed by atoms with E-state index in [9.17, 15) is 0 Å². The molecule has 0 radical (unpaired) electrons. The van der Waals surface area contributed by atoms with Crippen LogP contribution >= 0.6 is 0 Å². The number of nitrogens with zero attached hydrogens (tertiary/aromatic N) is 3. The number of anilines is 1. The first-order valence-electron chi connectivity index (χ1n) is 6.99. The summed E-state index contributed by atoms with van der Waals surface area (Å²) in [7, 11) is 0.